The van der Waals surface area contributed by atoms with Crippen molar-refractivity contribution in [1.82, 2.24) is 5.32 Å². The van der Waals surface area contributed by atoms with Gasteiger partial charge < -0.3 is 15.2 Å². The van der Waals surface area contributed by atoms with Gasteiger partial charge >= 0.3 is 0 Å². The van der Waals surface area contributed by atoms with E-state index in [1.807, 2.05) is 36.4 Å². The average Bonchev–Trinajstić information content (AvgIpc) is 3.49. The number of hydrogen-bond donors (Lipinski definition) is 2. The molecule has 0 bridgehead atoms. The Morgan fingerprint density at radius 1 is 1.10 bits per heavy atom. The summed E-state index contributed by atoms with van der Waals surface area (Å²) in [4.78, 5) is 23.9. The van der Waals surface area contributed by atoms with Crippen LogP contribution in [-0.2, 0) is 9.59 Å². The van der Waals surface area contributed by atoms with Crippen molar-refractivity contribution in [2.75, 3.05) is 6.61 Å². The minimum absolute atomic E-state index is 0.0132. The fraction of sp³-hybridized carbons (Fsp3) is 0.600. The first-order valence-electron chi connectivity index (χ1n) is 11.5. The standard InChI is InChI=1S/C25H35NO4/c27-21(18-30-22-9-5-3-6-10-22)15-16-23-19(12-17-24(23)28)8-4-1-2-7-11-25(29)26-20-13-14-20/h3,5-6,9-10,12,17,19-21,23,27H,1-2,4,7-8,11,13-16,18H2,(H,26,29)/t19-,21+,23+/m0/s1. The first-order chi connectivity index (χ1) is 14.6. The third-order valence-electron chi connectivity index (χ3n) is 6.02. The van der Waals surface area contributed by atoms with Crippen molar-refractivity contribution in [1.29, 1.82) is 0 Å². The van der Waals surface area contributed by atoms with Gasteiger partial charge in [0.1, 0.15) is 12.4 Å². The number of carbonyl (C=O) groups is 2. The second-order valence-corrected chi connectivity index (χ2v) is 8.68. The van der Waals surface area contributed by atoms with E-state index < -0.39 is 6.10 Å². The molecule has 1 saturated carbocycles. The Balaban J connectivity index is 1.26. The number of ether oxygens (including phenoxy) is 1. The zero-order chi connectivity index (χ0) is 21.2. The second-order valence-electron chi connectivity index (χ2n) is 8.68. The Bertz CT molecular complexity index is 698. The van der Waals surface area contributed by atoms with Gasteiger partial charge in [-0.25, -0.2) is 0 Å². The number of aliphatic hydroxyl groups excluding tert-OH is 1. The van der Waals surface area contributed by atoms with Crippen molar-refractivity contribution in [3.8, 4) is 5.75 Å². The summed E-state index contributed by atoms with van der Waals surface area (Å²) >= 11 is 0. The smallest absolute Gasteiger partial charge is 0.220 e. The summed E-state index contributed by atoms with van der Waals surface area (Å²) in [6, 6.07) is 9.91. The molecular weight excluding hydrogens is 378 g/mol. The predicted molar refractivity (Wildman–Crippen MR) is 117 cm³/mol. The molecule has 2 aliphatic carbocycles. The molecule has 0 spiro atoms. The van der Waals surface area contributed by atoms with E-state index in [0.29, 0.717) is 25.3 Å². The minimum Gasteiger partial charge on any atom is -0.491 e. The lowest BCUT2D eigenvalue weighted by molar-refractivity contribution is -0.121. The molecule has 0 heterocycles. The molecule has 1 fully saturated rings. The summed E-state index contributed by atoms with van der Waals surface area (Å²) in [6.07, 6.45) is 12.5. The maximum absolute atomic E-state index is 12.2. The molecule has 2 N–H and O–H groups in total. The van der Waals surface area contributed by atoms with Crippen LogP contribution in [0.4, 0.5) is 0 Å². The number of aliphatic hydroxyl groups is 1. The molecule has 1 aromatic carbocycles. The number of hydrogen-bond acceptors (Lipinski definition) is 4. The van der Waals surface area contributed by atoms with Crippen molar-refractivity contribution in [3.05, 3.63) is 42.5 Å². The number of benzene rings is 1. The van der Waals surface area contributed by atoms with Gasteiger partial charge in [-0.1, -0.05) is 43.5 Å². The fourth-order valence-corrected chi connectivity index (χ4v) is 4.05. The van der Waals surface area contributed by atoms with Crippen LogP contribution in [0.3, 0.4) is 0 Å². The Morgan fingerprint density at radius 3 is 2.63 bits per heavy atom. The average molecular weight is 414 g/mol. The molecule has 30 heavy (non-hydrogen) atoms. The maximum atomic E-state index is 12.2. The highest BCUT2D eigenvalue weighted by molar-refractivity contribution is 5.94. The van der Waals surface area contributed by atoms with Gasteiger partial charge in [0.15, 0.2) is 5.78 Å². The van der Waals surface area contributed by atoms with Crippen LogP contribution in [0.2, 0.25) is 0 Å². The molecule has 0 aliphatic heterocycles. The summed E-state index contributed by atoms with van der Waals surface area (Å²) in [5.41, 5.74) is 0. The molecule has 5 nitrogen and oxygen atoms in total. The molecule has 1 amide bonds. The number of ketones is 1. The summed E-state index contributed by atoms with van der Waals surface area (Å²) in [6.45, 7) is 0.247. The molecule has 1 aromatic rings. The quantitative estimate of drug-likeness (QED) is 0.448. The Kier molecular flexibility index (Phi) is 8.94. The van der Waals surface area contributed by atoms with E-state index in [1.165, 1.54) is 0 Å². The van der Waals surface area contributed by atoms with Gasteiger partial charge in [-0.05, 0) is 62.7 Å². The lowest BCUT2D eigenvalue weighted by Crippen LogP contribution is -2.24. The number of carbonyl (C=O) groups excluding carboxylic acids is 2. The Labute approximate surface area is 179 Å². The van der Waals surface area contributed by atoms with Crippen LogP contribution in [0.1, 0.15) is 64.2 Å². The van der Waals surface area contributed by atoms with Crippen LogP contribution in [0.25, 0.3) is 0 Å². The number of rotatable bonds is 14. The van der Waals surface area contributed by atoms with Gasteiger partial charge in [0, 0.05) is 18.4 Å². The third kappa shape index (κ3) is 7.94. The predicted octanol–water partition coefficient (Wildman–Crippen LogP) is 4.20. The molecule has 0 saturated heterocycles. The van der Waals surface area contributed by atoms with Crippen molar-refractivity contribution < 1.29 is 19.4 Å². The van der Waals surface area contributed by atoms with Crippen LogP contribution < -0.4 is 10.1 Å². The summed E-state index contributed by atoms with van der Waals surface area (Å²) in [5.74, 6) is 1.39. The highest BCUT2D eigenvalue weighted by atomic mass is 16.5. The summed E-state index contributed by atoms with van der Waals surface area (Å²) in [5, 5.41) is 13.3. The first-order valence-corrected chi connectivity index (χ1v) is 11.5. The lowest BCUT2D eigenvalue weighted by Gasteiger charge is -2.20. The molecule has 164 valence electrons. The SMILES string of the molecule is O=C(CCCCCC[C@H]1C=CC(=O)[C@@H]1CC[C@@H](O)COc1ccccc1)NC1CC1. The Hall–Kier alpha value is -2.14. The van der Waals surface area contributed by atoms with Gasteiger partial charge in [0.25, 0.3) is 0 Å². The van der Waals surface area contributed by atoms with Crippen LogP contribution in [0.15, 0.2) is 42.5 Å². The fourth-order valence-electron chi connectivity index (χ4n) is 4.05. The topological polar surface area (TPSA) is 75.6 Å². The van der Waals surface area contributed by atoms with Crippen molar-refractivity contribution in [2.24, 2.45) is 11.8 Å². The largest absolute Gasteiger partial charge is 0.491 e. The number of unbranched alkanes of at least 4 members (excludes halogenated alkanes) is 3. The number of para-hydroxylation sites is 1. The van der Waals surface area contributed by atoms with E-state index in [9.17, 15) is 14.7 Å². The number of amides is 1. The molecular formula is C25H35NO4. The highest BCUT2D eigenvalue weighted by Crippen LogP contribution is 2.31. The van der Waals surface area contributed by atoms with Gasteiger partial charge in [-0.2, -0.15) is 0 Å². The van der Waals surface area contributed by atoms with E-state index in [4.69, 9.17) is 4.74 Å². The highest BCUT2D eigenvalue weighted by Gasteiger charge is 2.29. The number of allylic oxidation sites excluding steroid dienone is 2. The van der Waals surface area contributed by atoms with Crippen molar-refractivity contribution in [2.45, 2.75) is 76.4 Å². The van der Waals surface area contributed by atoms with Gasteiger partial charge in [-0.3, -0.25) is 9.59 Å². The first kappa shape index (κ1) is 22.5. The molecule has 0 unspecified atom stereocenters. The molecule has 0 aromatic heterocycles. The van der Waals surface area contributed by atoms with Crippen molar-refractivity contribution in [3.63, 3.8) is 0 Å². The second kappa shape index (κ2) is 11.9. The van der Waals surface area contributed by atoms with Crippen molar-refractivity contribution >= 4 is 11.7 Å². The number of nitrogens with one attached hydrogen (secondary N) is 1. The van der Waals surface area contributed by atoms with Crippen LogP contribution in [0, 0.1) is 11.8 Å². The zero-order valence-electron chi connectivity index (χ0n) is 17.8. The third-order valence-corrected chi connectivity index (χ3v) is 6.02. The normalized spacial score (nSPS) is 21.6. The van der Waals surface area contributed by atoms with Crippen LogP contribution in [0.5, 0.6) is 5.75 Å². The molecule has 3 atom stereocenters. The van der Waals surface area contributed by atoms with E-state index in [2.05, 4.69) is 5.32 Å². The minimum atomic E-state index is -0.568. The molecule has 5 heteroatoms. The monoisotopic (exact) mass is 413 g/mol. The Morgan fingerprint density at radius 2 is 1.87 bits per heavy atom. The maximum Gasteiger partial charge on any atom is 0.220 e. The lowest BCUT2D eigenvalue weighted by atomic mass is 9.86. The van der Waals surface area contributed by atoms with Crippen LogP contribution >= 0.6 is 0 Å². The van der Waals surface area contributed by atoms with E-state index in [-0.39, 0.29) is 30.1 Å². The van der Waals surface area contributed by atoms with Gasteiger partial charge in [0.2, 0.25) is 5.91 Å². The van der Waals surface area contributed by atoms with Crippen LogP contribution in [-0.4, -0.2) is 35.5 Å². The molecule has 3 rings (SSSR count). The zero-order valence-corrected chi connectivity index (χ0v) is 17.8. The van der Waals surface area contributed by atoms with Gasteiger partial charge in [0.05, 0.1) is 6.10 Å². The van der Waals surface area contributed by atoms with Gasteiger partial charge in [-0.15, -0.1) is 0 Å². The summed E-state index contributed by atoms with van der Waals surface area (Å²) < 4.78 is 5.60. The molecule has 2 aliphatic rings. The van der Waals surface area contributed by atoms with E-state index in [0.717, 1.165) is 50.7 Å². The van der Waals surface area contributed by atoms with E-state index in [1.54, 1.807) is 6.08 Å². The van der Waals surface area contributed by atoms with E-state index >= 15 is 0 Å². The molecule has 0 radical (unpaired) electrons. The summed E-state index contributed by atoms with van der Waals surface area (Å²) in [7, 11) is 0.